The molecule has 0 atom stereocenters. The maximum absolute atomic E-state index is 6.18. The molecule has 0 radical (unpaired) electrons. The van der Waals surface area contributed by atoms with Gasteiger partial charge < -0.3 is 4.42 Å². The van der Waals surface area contributed by atoms with E-state index in [1.807, 2.05) is 66.9 Å². The summed E-state index contributed by atoms with van der Waals surface area (Å²) < 4.78 is 6.18. The fraction of sp³-hybridized carbons (Fsp3) is 0.154. The Balaban J connectivity index is 1.82. The van der Waals surface area contributed by atoms with Crippen molar-refractivity contribution >= 4 is 11.9 Å². The van der Waals surface area contributed by atoms with Crippen molar-refractivity contribution in [2.24, 2.45) is 4.99 Å². The third-order valence-electron chi connectivity index (χ3n) is 4.92. The van der Waals surface area contributed by atoms with E-state index in [2.05, 4.69) is 39.0 Å². The number of hydrogen-bond donors (Lipinski definition) is 0. The van der Waals surface area contributed by atoms with E-state index < -0.39 is 0 Å². The van der Waals surface area contributed by atoms with Gasteiger partial charge in [-0.1, -0.05) is 80.6 Å². The lowest BCUT2D eigenvalue weighted by molar-refractivity contribution is 0.588. The first-order valence-electron chi connectivity index (χ1n) is 9.88. The minimum atomic E-state index is 0.396. The fourth-order valence-electron chi connectivity index (χ4n) is 3.37. The summed E-state index contributed by atoms with van der Waals surface area (Å²) in [6, 6.07) is 26.3. The Kier molecular flexibility index (Phi) is 5.39. The highest BCUT2D eigenvalue weighted by molar-refractivity contribution is 5.89. The number of rotatable bonds is 5. The van der Waals surface area contributed by atoms with E-state index in [0.717, 1.165) is 33.8 Å². The van der Waals surface area contributed by atoms with Crippen LogP contribution in [0.1, 0.15) is 36.6 Å². The molecule has 4 aromatic rings. The smallest absolute Gasteiger partial charge is 0.227 e. The number of nitrogens with zero attached hydrogens (tertiary/aromatic N) is 2. The largest absolute Gasteiger partial charge is 0.435 e. The van der Waals surface area contributed by atoms with Crippen LogP contribution in [0.25, 0.3) is 22.8 Å². The van der Waals surface area contributed by atoms with Gasteiger partial charge in [-0.2, -0.15) is 0 Å². The van der Waals surface area contributed by atoms with Gasteiger partial charge in [-0.25, -0.2) is 4.98 Å². The van der Waals surface area contributed by atoms with E-state index in [1.54, 1.807) is 0 Å². The molecule has 0 saturated carbocycles. The van der Waals surface area contributed by atoms with Crippen LogP contribution < -0.4 is 0 Å². The highest BCUT2D eigenvalue weighted by Crippen LogP contribution is 2.32. The van der Waals surface area contributed by atoms with Crippen molar-refractivity contribution < 1.29 is 4.42 Å². The Morgan fingerprint density at radius 2 is 1.48 bits per heavy atom. The van der Waals surface area contributed by atoms with Crippen molar-refractivity contribution in [3.63, 3.8) is 0 Å². The Bertz CT molecular complexity index is 1130. The van der Waals surface area contributed by atoms with E-state index in [9.17, 15) is 0 Å². The highest BCUT2D eigenvalue weighted by atomic mass is 16.4. The van der Waals surface area contributed by atoms with Gasteiger partial charge >= 0.3 is 0 Å². The van der Waals surface area contributed by atoms with Crippen molar-refractivity contribution in [3.05, 3.63) is 95.7 Å². The molecule has 0 spiro atoms. The zero-order chi connectivity index (χ0) is 20.2. The van der Waals surface area contributed by atoms with Crippen molar-refractivity contribution in [3.8, 4) is 22.8 Å². The molecule has 0 fully saturated rings. The van der Waals surface area contributed by atoms with Gasteiger partial charge in [0.05, 0.1) is 11.9 Å². The summed E-state index contributed by atoms with van der Waals surface area (Å²) >= 11 is 0. The molecule has 0 amide bonds. The molecule has 0 saturated heterocycles. The molecular formula is C26H24N2O. The number of aliphatic imine (C=N–C) groups is 1. The molecule has 0 N–H and O–H groups in total. The second-order valence-corrected chi connectivity index (χ2v) is 7.39. The van der Waals surface area contributed by atoms with Gasteiger partial charge in [0.25, 0.3) is 0 Å². The van der Waals surface area contributed by atoms with Crippen LogP contribution in [0.4, 0.5) is 5.69 Å². The van der Waals surface area contributed by atoms with E-state index in [4.69, 9.17) is 14.4 Å². The lowest BCUT2D eigenvalue weighted by Gasteiger charge is -2.11. The van der Waals surface area contributed by atoms with Crippen LogP contribution in [-0.2, 0) is 0 Å². The molecule has 0 bridgehead atoms. The molecule has 3 aromatic carbocycles. The van der Waals surface area contributed by atoms with Gasteiger partial charge in [0.1, 0.15) is 5.69 Å². The lowest BCUT2D eigenvalue weighted by Crippen LogP contribution is -1.92. The Morgan fingerprint density at radius 1 is 0.828 bits per heavy atom. The van der Waals surface area contributed by atoms with Crippen molar-refractivity contribution in [1.82, 2.24) is 4.98 Å². The molecule has 3 nitrogen and oxygen atoms in total. The molecule has 0 aliphatic carbocycles. The van der Waals surface area contributed by atoms with Crippen LogP contribution in [0.2, 0.25) is 0 Å². The standard InChI is InChI=1S/C26H24N2O/c1-18(2)22-16-10-11-19(3)24(22)27-17-23-25(20-12-6-4-7-13-20)29-26(28-23)21-14-8-5-9-15-21/h4-18H,1-3H3/b27-17+. The first-order chi connectivity index (χ1) is 14.1. The number of aromatic nitrogens is 1. The van der Waals surface area contributed by atoms with E-state index >= 15 is 0 Å². The third kappa shape index (κ3) is 4.04. The lowest BCUT2D eigenvalue weighted by atomic mass is 9.98. The van der Waals surface area contributed by atoms with Crippen molar-refractivity contribution in [2.75, 3.05) is 0 Å². The molecule has 0 aliphatic heterocycles. The summed E-state index contributed by atoms with van der Waals surface area (Å²) in [5.41, 5.74) is 6.05. The first-order valence-corrected chi connectivity index (χ1v) is 9.88. The molecule has 1 heterocycles. The van der Waals surface area contributed by atoms with Gasteiger partial charge in [0.15, 0.2) is 5.76 Å². The van der Waals surface area contributed by atoms with Crippen LogP contribution in [0, 0.1) is 6.92 Å². The summed E-state index contributed by atoms with van der Waals surface area (Å²) in [4.78, 5) is 9.60. The molecule has 144 valence electrons. The number of benzene rings is 3. The summed E-state index contributed by atoms with van der Waals surface area (Å²) in [6.07, 6.45) is 1.83. The van der Waals surface area contributed by atoms with Crippen LogP contribution in [0.3, 0.4) is 0 Å². The van der Waals surface area contributed by atoms with Gasteiger partial charge in [0, 0.05) is 11.1 Å². The minimum Gasteiger partial charge on any atom is -0.435 e. The number of hydrogen-bond acceptors (Lipinski definition) is 3. The quantitative estimate of drug-likeness (QED) is 0.344. The van der Waals surface area contributed by atoms with Gasteiger partial charge in [-0.05, 0) is 36.1 Å². The summed E-state index contributed by atoms with van der Waals surface area (Å²) in [5.74, 6) is 1.72. The molecule has 0 unspecified atom stereocenters. The number of oxazole rings is 1. The van der Waals surface area contributed by atoms with Crippen molar-refractivity contribution in [1.29, 1.82) is 0 Å². The number of aryl methyl sites for hydroxylation is 1. The van der Waals surface area contributed by atoms with Crippen LogP contribution in [0.5, 0.6) is 0 Å². The average Bonchev–Trinajstić information content (AvgIpc) is 3.18. The number of para-hydroxylation sites is 1. The summed E-state index contributed by atoms with van der Waals surface area (Å²) in [6.45, 7) is 6.47. The predicted molar refractivity (Wildman–Crippen MR) is 120 cm³/mol. The molecule has 0 aliphatic rings. The fourth-order valence-corrected chi connectivity index (χ4v) is 3.37. The third-order valence-corrected chi connectivity index (χ3v) is 4.92. The average molecular weight is 380 g/mol. The highest BCUT2D eigenvalue weighted by Gasteiger charge is 2.15. The van der Waals surface area contributed by atoms with E-state index in [0.29, 0.717) is 11.8 Å². The van der Waals surface area contributed by atoms with Crippen LogP contribution >= 0.6 is 0 Å². The van der Waals surface area contributed by atoms with Gasteiger partial charge in [-0.15, -0.1) is 0 Å². The Hall–Kier alpha value is -3.46. The topological polar surface area (TPSA) is 38.4 Å². The Labute approximate surface area is 171 Å². The normalized spacial score (nSPS) is 11.4. The SMILES string of the molecule is Cc1cccc(C(C)C)c1/N=C/c1nc(-c2ccccc2)oc1-c1ccccc1. The summed E-state index contributed by atoms with van der Waals surface area (Å²) in [7, 11) is 0. The monoisotopic (exact) mass is 380 g/mol. The maximum Gasteiger partial charge on any atom is 0.227 e. The first kappa shape index (κ1) is 18.9. The molecular weight excluding hydrogens is 356 g/mol. The molecule has 1 aromatic heterocycles. The maximum atomic E-state index is 6.18. The predicted octanol–water partition coefficient (Wildman–Crippen LogP) is 7.19. The zero-order valence-electron chi connectivity index (χ0n) is 17.0. The second kappa shape index (κ2) is 8.27. The molecule has 4 rings (SSSR count). The van der Waals surface area contributed by atoms with Gasteiger partial charge in [-0.3, -0.25) is 4.99 Å². The van der Waals surface area contributed by atoms with Crippen LogP contribution in [0.15, 0.2) is 88.3 Å². The summed E-state index contributed by atoms with van der Waals surface area (Å²) in [5, 5.41) is 0. The molecule has 29 heavy (non-hydrogen) atoms. The second-order valence-electron chi connectivity index (χ2n) is 7.39. The van der Waals surface area contributed by atoms with Crippen molar-refractivity contribution in [2.45, 2.75) is 26.7 Å². The van der Waals surface area contributed by atoms with Crippen LogP contribution in [-0.4, -0.2) is 11.2 Å². The van der Waals surface area contributed by atoms with E-state index in [1.165, 1.54) is 5.56 Å². The van der Waals surface area contributed by atoms with Gasteiger partial charge in [0.2, 0.25) is 5.89 Å². The molecule has 3 heteroatoms. The Morgan fingerprint density at radius 3 is 2.14 bits per heavy atom. The zero-order valence-corrected chi connectivity index (χ0v) is 17.0. The minimum absolute atomic E-state index is 0.396. The van der Waals surface area contributed by atoms with E-state index in [-0.39, 0.29) is 0 Å².